The van der Waals surface area contributed by atoms with Gasteiger partial charge in [-0.3, -0.25) is 0 Å². The van der Waals surface area contributed by atoms with E-state index in [-0.39, 0.29) is 6.10 Å². The lowest BCUT2D eigenvalue weighted by Crippen LogP contribution is -2.27. The highest BCUT2D eigenvalue weighted by Crippen LogP contribution is 1.95. The third-order valence-electron chi connectivity index (χ3n) is 1.26. The fraction of sp³-hybridized carbons (Fsp3) is 1.00. The summed E-state index contributed by atoms with van der Waals surface area (Å²) in [5.74, 6) is 0. The summed E-state index contributed by atoms with van der Waals surface area (Å²) < 4.78 is 5.01. The summed E-state index contributed by atoms with van der Waals surface area (Å²) in [7, 11) is 3.26. The molecule has 56 valence electrons. The Labute approximate surface area is 56.2 Å². The van der Waals surface area contributed by atoms with Gasteiger partial charge in [0, 0.05) is 20.7 Å². The number of hydrogen-bond donors (Lipinski definition) is 1. The number of likely N-dealkylation sites (N-methyl/N-ethyl adjacent to an activating group) is 1. The summed E-state index contributed by atoms with van der Waals surface area (Å²) in [6.45, 7) is 2.60. The van der Waals surface area contributed by atoms with E-state index >= 15 is 0 Å². The maximum atomic E-state index is 8.74. The maximum Gasteiger partial charge on any atom is 0.0718 e. The van der Waals surface area contributed by atoms with Gasteiger partial charge in [-0.05, 0) is 6.42 Å². The third-order valence-corrected chi connectivity index (χ3v) is 1.26. The predicted molar refractivity (Wildman–Crippen MR) is 35.5 cm³/mol. The normalized spacial score (nSPS) is 14.3. The predicted octanol–water partition coefficient (Wildman–Crippen LogP) is 0.732. The molecule has 0 saturated heterocycles. The topological polar surface area (TPSA) is 32.7 Å². The average molecular weight is 133 g/mol. The first-order chi connectivity index (χ1) is 4.20. The summed E-state index contributed by atoms with van der Waals surface area (Å²) in [6.07, 6.45) is 1.08. The molecule has 0 rings (SSSR count). The van der Waals surface area contributed by atoms with Crippen LogP contribution in [0.4, 0.5) is 0 Å². The standard InChI is InChI=1S/C6H15NO2/c1-4-6(9-3)5-7(2)8/h6,8H,4-5H2,1-3H3. The fourth-order valence-electron chi connectivity index (χ4n) is 0.665. The van der Waals surface area contributed by atoms with Gasteiger partial charge in [0.1, 0.15) is 0 Å². The zero-order chi connectivity index (χ0) is 7.28. The number of methoxy groups -OCH3 is 1. The van der Waals surface area contributed by atoms with Gasteiger partial charge in [-0.1, -0.05) is 6.92 Å². The van der Waals surface area contributed by atoms with Crippen LogP contribution in [0.25, 0.3) is 0 Å². The molecule has 0 aliphatic heterocycles. The molecule has 0 amide bonds. The molecule has 3 heteroatoms. The lowest BCUT2D eigenvalue weighted by atomic mass is 10.3. The molecule has 0 radical (unpaired) electrons. The van der Waals surface area contributed by atoms with Crippen LogP contribution in [0.5, 0.6) is 0 Å². The van der Waals surface area contributed by atoms with Crippen LogP contribution < -0.4 is 0 Å². The number of ether oxygens (including phenoxy) is 1. The summed E-state index contributed by atoms with van der Waals surface area (Å²) in [4.78, 5) is 0. The van der Waals surface area contributed by atoms with E-state index in [0.29, 0.717) is 6.54 Å². The Morgan fingerprint density at radius 2 is 2.22 bits per heavy atom. The van der Waals surface area contributed by atoms with Gasteiger partial charge in [0.2, 0.25) is 0 Å². The molecule has 0 heterocycles. The molecule has 0 aromatic heterocycles. The van der Waals surface area contributed by atoms with Crippen molar-refractivity contribution in [2.75, 3.05) is 20.7 Å². The van der Waals surface area contributed by atoms with Gasteiger partial charge in [0.05, 0.1) is 6.10 Å². The van der Waals surface area contributed by atoms with Gasteiger partial charge >= 0.3 is 0 Å². The van der Waals surface area contributed by atoms with Crippen LogP contribution in [0.3, 0.4) is 0 Å². The maximum absolute atomic E-state index is 8.74. The molecule has 1 unspecified atom stereocenters. The molecule has 0 aromatic carbocycles. The van der Waals surface area contributed by atoms with Crippen molar-refractivity contribution < 1.29 is 9.94 Å². The molecular formula is C6H15NO2. The minimum atomic E-state index is 0.153. The van der Waals surface area contributed by atoms with Crippen molar-refractivity contribution in [2.24, 2.45) is 0 Å². The van der Waals surface area contributed by atoms with Crippen molar-refractivity contribution in [2.45, 2.75) is 19.4 Å². The Morgan fingerprint density at radius 1 is 1.67 bits per heavy atom. The Bertz CT molecular complexity index is 62.1. The van der Waals surface area contributed by atoms with Crippen molar-refractivity contribution in [3.63, 3.8) is 0 Å². The van der Waals surface area contributed by atoms with Crippen LogP contribution in [-0.4, -0.2) is 37.1 Å². The highest BCUT2D eigenvalue weighted by Gasteiger charge is 2.04. The summed E-state index contributed by atoms with van der Waals surface area (Å²) in [5.41, 5.74) is 0. The number of rotatable bonds is 4. The molecule has 0 saturated carbocycles. The number of hydrogen-bond acceptors (Lipinski definition) is 3. The Hall–Kier alpha value is -0.120. The second kappa shape index (κ2) is 4.73. The SMILES string of the molecule is CCC(CN(C)O)OC. The molecule has 1 atom stereocenters. The van der Waals surface area contributed by atoms with Crippen molar-refractivity contribution in [3.8, 4) is 0 Å². The van der Waals surface area contributed by atoms with Crippen molar-refractivity contribution in [1.82, 2.24) is 5.06 Å². The molecule has 0 aliphatic carbocycles. The van der Waals surface area contributed by atoms with Crippen LogP contribution in [-0.2, 0) is 4.74 Å². The van der Waals surface area contributed by atoms with Gasteiger partial charge in [-0.25, -0.2) is 0 Å². The number of hydroxylamine groups is 2. The van der Waals surface area contributed by atoms with E-state index in [1.807, 2.05) is 6.92 Å². The first kappa shape index (κ1) is 8.88. The van der Waals surface area contributed by atoms with Crippen LogP contribution >= 0.6 is 0 Å². The zero-order valence-electron chi connectivity index (χ0n) is 6.29. The molecular weight excluding hydrogens is 118 g/mol. The molecule has 1 N–H and O–H groups in total. The van der Waals surface area contributed by atoms with Crippen molar-refractivity contribution in [3.05, 3.63) is 0 Å². The van der Waals surface area contributed by atoms with E-state index in [1.165, 1.54) is 0 Å². The first-order valence-electron chi connectivity index (χ1n) is 3.13. The molecule has 0 spiro atoms. The Morgan fingerprint density at radius 3 is 2.33 bits per heavy atom. The third kappa shape index (κ3) is 4.39. The zero-order valence-corrected chi connectivity index (χ0v) is 6.29. The smallest absolute Gasteiger partial charge is 0.0718 e. The average Bonchev–Trinajstić information content (AvgIpc) is 1.82. The number of nitrogens with zero attached hydrogens (tertiary/aromatic N) is 1. The molecule has 0 aliphatic rings. The van der Waals surface area contributed by atoms with E-state index < -0.39 is 0 Å². The monoisotopic (exact) mass is 133 g/mol. The van der Waals surface area contributed by atoms with Crippen molar-refractivity contribution >= 4 is 0 Å². The van der Waals surface area contributed by atoms with Gasteiger partial charge in [0.25, 0.3) is 0 Å². The van der Waals surface area contributed by atoms with Gasteiger partial charge in [-0.15, -0.1) is 0 Å². The summed E-state index contributed by atoms with van der Waals surface area (Å²) in [5, 5.41) is 9.87. The quantitative estimate of drug-likeness (QED) is 0.574. The molecule has 0 aromatic rings. The van der Waals surface area contributed by atoms with E-state index in [0.717, 1.165) is 11.5 Å². The lowest BCUT2D eigenvalue weighted by Gasteiger charge is -2.15. The summed E-state index contributed by atoms with van der Waals surface area (Å²) in [6, 6.07) is 0. The van der Waals surface area contributed by atoms with Crippen LogP contribution in [0.2, 0.25) is 0 Å². The highest BCUT2D eigenvalue weighted by atomic mass is 16.5. The van der Waals surface area contributed by atoms with Crippen LogP contribution in [0, 0.1) is 0 Å². The van der Waals surface area contributed by atoms with Gasteiger partial charge in [0.15, 0.2) is 0 Å². The molecule has 0 fully saturated rings. The molecule has 9 heavy (non-hydrogen) atoms. The van der Waals surface area contributed by atoms with Crippen molar-refractivity contribution in [1.29, 1.82) is 0 Å². The minimum Gasteiger partial charge on any atom is -0.380 e. The van der Waals surface area contributed by atoms with E-state index in [2.05, 4.69) is 0 Å². The summed E-state index contributed by atoms with van der Waals surface area (Å²) >= 11 is 0. The van der Waals surface area contributed by atoms with E-state index in [9.17, 15) is 0 Å². The fourth-order valence-corrected chi connectivity index (χ4v) is 0.665. The molecule has 3 nitrogen and oxygen atoms in total. The first-order valence-corrected chi connectivity index (χ1v) is 3.13. The van der Waals surface area contributed by atoms with Crippen LogP contribution in [0.1, 0.15) is 13.3 Å². The highest BCUT2D eigenvalue weighted by molar-refractivity contribution is 4.54. The minimum absolute atomic E-state index is 0.153. The second-order valence-corrected chi connectivity index (χ2v) is 2.11. The largest absolute Gasteiger partial charge is 0.380 e. The Kier molecular flexibility index (Phi) is 4.67. The Balaban J connectivity index is 3.31. The second-order valence-electron chi connectivity index (χ2n) is 2.11. The van der Waals surface area contributed by atoms with E-state index in [1.54, 1.807) is 14.2 Å². The lowest BCUT2D eigenvalue weighted by molar-refractivity contribution is -0.0965. The van der Waals surface area contributed by atoms with Crippen LogP contribution in [0.15, 0.2) is 0 Å². The van der Waals surface area contributed by atoms with Gasteiger partial charge in [-0.2, -0.15) is 5.06 Å². The molecule has 0 bridgehead atoms. The van der Waals surface area contributed by atoms with Gasteiger partial charge < -0.3 is 9.94 Å². The van der Waals surface area contributed by atoms with E-state index in [4.69, 9.17) is 9.94 Å².